The van der Waals surface area contributed by atoms with E-state index in [1.807, 2.05) is 86.8 Å². The van der Waals surface area contributed by atoms with Gasteiger partial charge in [0, 0.05) is 40.2 Å². The van der Waals surface area contributed by atoms with E-state index >= 15 is 0 Å². The van der Waals surface area contributed by atoms with Crippen LogP contribution < -0.4 is 5.32 Å². The van der Waals surface area contributed by atoms with E-state index in [9.17, 15) is 9.59 Å². The number of ether oxygens (including phenoxy) is 1. The van der Waals surface area contributed by atoms with Crippen LogP contribution in [-0.2, 0) is 17.8 Å². The maximum absolute atomic E-state index is 12.8. The molecule has 0 atom stereocenters. The molecule has 5 nitrogen and oxygen atoms in total. The second-order valence-corrected chi connectivity index (χ2v) is 9.76. The molecule has 1 amide bonds. The lowest BCUT2D eigenvalue weighted by molar-refractivity contribution is 0.0526. The van der Waals surface area contributed by atoms with E-state index in [-0.39, 0.29) is 11.9 Å². The Hall–Kier alpha value is -3.90. The first-order valence-electron chi connectivity index (χ1n) is 12.6. The minimum atomic E-state index is -0.320. The van der Waals surface area contributed by atoms with Gasteiger partial charge in [0.25, 0.3) is 5.91 Å². The average molecular weight is 572 g/mol. The van der Waals surface area contributed by atoms with E-state index < -0.39 is 0 Å². The Balaban J connectivity index is 1.51. The minimum Gasteiger partial charge on any atom is -0.462 e. The first-order valence-corrected chi connectivity index (χ1v) is 13.4. The van der Waals surface area contributed by atoms with E-state index in [1.54, 1.807) is 13.0 Å². The molecule has 4 aromatic rings. The van der Waals surface area contributed by atoms with Gasteiger partial charge in [0.15, 0.2) is 0 Å². The summed E-state index contributed by atoms with van der Waals surface area (Å²) in [7, 11) is 0. The van der Waals surface area contributed by atoms with Crippen molar-refractivity contribution in [1.82, 2.24) is 9.88 Å². The molecule has 0 unspecified atom stereocenters. The van der Waals surface area contributed by atoms with Crippen LogP contribution in [0.25, 0.3) is 16.5 Å². The monoisotopic (exact) mass is 570 g/mol. The van der Waals surface area contributed by atoms with Gasteiger partial charge < -0.3 is 14.6 Å². The number of halogens is 1. The van der Waals surface area contributed by atoms with Crippen molar-refractivity contribution in [3.05, 3.63) is 123 Å². The van der Waals surface area contributed by atoms with Crippen molar-refractivity contribution in [2.24, 2.45) is 0 Å². The van der Waals surface area contributed by atoms with Crippen LogP contribution in [0.3, 0.4) is 0 Å². The minimum absolute atomic E-state index is 0.102. The van der Waals surface area contributed by atoms with Crippen molar-refractivity contribution < 1.29 is 14.3 Å². The number of aromatic nitrogens is 1. The van der Waals surface area contributed by atoms with E-state index in [0.717, 1.165) is 37.6 Å². The third kappa shape index (κ3) is 6.32. The Morgan fingerprint density at radius 2 is 1.68 bits per heavy atom. The molecule has 0 aliphatic heterocycles. The molecule has 0 aliphatic carbocycles. The number of amides is 1. The summed E-state index contributed by atoms with van der Waals surface area (Å²) in [5, 5.41) is 4.00. The number of nitrogens with one attached hydrogen (secondary N) is 1. The lowest BCUT2D eigenvalue weighted by Crippen LogP contribution is -2.22. The van der Waals surface area contributed by atoms with E-state index in [4.69, 9.17) is 4.74 Å². The molecule has 6 heteroatoms. The Morgan fingerprint density at radius 3 is 2.39 bits per heavy atom. The van der Waals surface area contributed by atoms with Gasteiger partial charge in [0.2, 0.25) is 0 Å². The first kappa shape index (κ1) is 27.1. The number of carbonyl (C=O) groups excluding carboxylic acids is 2. The molecule has 38 heavy (non-hydrogen) atoms. The molecule has 0 saturated carbocycles. The van der Waals surface area contributed by atoms with Crippen molar-refractivity contribution >= 4 is 44.3 Å². The summed E-state index contributed by atoms with van der Waals surface area (Å²) >= 11 is 3.43. The highest BCUT2D eigenvalue weighted by molar-refractivity contribution is 9.10. The lowest BCUT2D eigenvalue weighted by Gasteiger charge is -2.15. The van der Waals surface area contributed by atoms with Crippen LogP contribution in [0.1, 0.15) is 52.6 Å². The van der Waals surface area contributed by atoms with E-state index in [0.29, 0.717) is 30.8 Å². The van der Waals surface area contributed by atoms with Crippen LogP contribution in [0.2, 0.25) is 0 Å². The number of allylic oxidation sites excluding steroid dienone is 4. The first-order chi connectivity index (χ1) is 18.4. The normalized spacial score (nSPS) is 12.0. The van der Waals surface area contributed by atoms with Crippen LogP contribution in [0.5, 0.6) is 0 Å². The number of nitrogens with zero attached hydrogens (tertiary/aromatic N) is 1. The smallest absolute Gasteiger partial charge is 0.338 e. The van der Waals surface area contributed by atoms with Crippen molar-refractivity contribution in [3.63, 3.8) is 0 Å². The highest BCUT2D eigenvalue weighted by Gasteiger charge is 2.14. The van der Waals surface area contributed by atoms with Gasteiger partial charge in [0.05, 0.1) is 12.2 Å². The summed E-state index contributed by atoms with van der Waals surface area (Å²) in [5.74, 6) is -0.422. The predicted molar refractivity (Wildman–Crippen MR) is 157 cm³/mol. The predicted octanol–water partition coefficient (Wildman–Crippen LogP) is 7.56. The van der Waals surface area contributed by atoms with Crippen LogP contribution >= 0.6 is 15.9 Å². The number of fused-ring (bicyclic) bond motifs is 1. The van der Waals surface area contributed by atoms with Crippen molar-refractivity contribution in [3.8, 4) is 0 Å². The van der Waals surface area contributed by atoms with Gasteiger partial charge in [0.1, 0.15) is 0 Å². The Labute approximate surface area is 232 Å². The second-order valence-electron chi connectivity index (χ2n) is 8.84. The molecule has 0 saturated heterocycles. The Morgan fingerprint density at radius 1 is 0.921 bits per heavy atom. The van der Waals surface area contributed by atoms with Gasteiger partial charge in [-0.3, -0.25) is 4.79 Å². The summed E-state index contributed by atoms with van der Waals surface area (Å²) in [5.41, 5.74) is 6.41. The van der Waals surface area contributed by atoms with Crippen LogP contribution in [-0.4, -0.2) is 23.1 Å². The molecule has 0 fully saturated rings. The number of hydrogen-bond acceptors (Lipinski definition) is 3. The Bertz CT molecular complexity index is 1510. The third-order valence-corrected chi connectivity index (χ3v) is 6.94. The van der Waals surface area contributed by atoms with Gasteiger partial charge in [-0.15, -0.1) is 0 Å². The van der Waals surface area contributed by atoms with Gasteiger partial charge in [-0.25, -0.2) is 4.79 Å². The zero-order valence-corrected chi connectivity index (χ0v) is 23.4. The number of esters is 1. The molecule has 194 valence electrons. The quantitative estimate of drug-likeness (QED) is 0.167. The van der Waals surface area contributed by atoms with Crippen LogP contribution in [0.15, 0.2) is 101 Å². The van der Waals surface area contributed by atoms with Gasteiger partial charge in [-0.05, 0) is 91.6 Å². The summed E-state index contributed by atoms with van der Waals surface area (Å²) in [6, 6.07) is 23.3. The fraction of sp³-hybridized carbons (Fsp3) is 0.188. The van der Waals surface area contributed by atoms with Crippen LogP contribution in [0, 0.1) is 0 Å². The fourth-order valence-electron chi connectivity index (χ4n) is 4.45. The Kier molecular flexibility index (Phi) is 8.98. The molecule has 3 aromatic carbocycles. The number of benzene rings is 3. The largest absolute Gasteiger partial charge is 0.462 e. The van der Waals surface area contributed by atoms with Gasteiger partial charge in [-0.2, -0.15) is 0 Å². The molecule has 0 aliphatic rings. The standard InChI is InChI=1S/C32H31BrN2O3/c1-4-23(29(5-2)24-8-7-9-27(18-24)32(37)38-6-3)21-35-17-16-25-19-26(12-15-30(25)35)31(36)34-20-22-10-13-28(33)14-11-22/h4-5,7-19H,6,20-21H2,1-3H3,(H,34,36)/b23-4-,29-5+. The second kappa shape index (κ2) is 12.6. The van der Waals surface area contributed by atoms with E-state index in [2.05, 4.69) is 38.0 Å². The number of rotatable bonds is 9. The third-order valence-electron chi connectivity index (χ3n) is 6.41. The molecule has 1 aromatic heterocycles. The van der Waals surface area contributed by atoms with Crippen LogP contribution in [0.4, 0.5) is 0 Å². The van der Waals surface area contributed by atoms with Gasteiger partial charge >= 0.3 is 5.97 Å². The average Bonchev–Trinajstić information content (AvgIpc) is 3.34. The lowest BCUT2D eigenvalue weighted by atomic mass is 9.95. The SMILES string of the molecule is C/C=C(\C(=C/C)Cn1ccc2cc(C(=O)NCc3ccc(Br)cc3)ccc21)c1cccc(C(=O)OCC)c1. The maximum atomic E-state index is 12.8. The maximum Gasteiger partial charge on any atom is 0.338 e. The number of carbonyl (C=O) groups is 2. The molecular weight excluding hydrogens is 540 g/mol. The summed E-state index contributed by atoms with van der Waals surface area (Å²) < 4.78 is 8.36. The molecule has 1 N–H and O–H groups in total. The molecule has 0 radical (unpaired) electrons. The summed E-state index contributed by atoms with van der Waals surface area (Å²) in [6.45, 7) is 7.29. The molecule has 0 spiro atoms. The molecule has 1 heterocycles. The number of hydrogen-bond donors (Lipinski definition) is 1. The molecule has 4 rings (SSSR count). The van der Waals surface area contributed by atoms with Crippen molar-refractivity contribution in [2.45, 2.75) is 33.9 Å². The zero-order valence-electron chi connectivity index (χ0n) is 21.8. The highest BCUT2D eigenvalue weighted by atomic mass is 79.9. The summed E-state index contributed by atoms with van der Waals surface area (Å²) in [4.78, 5) is 25.0. The fourth-order valence-corrected chi connectivity index (χ4v) is 4.71. The molecular formula is C32H31BrN2O3. The topological polar surface area (TPSA) is 60.3 Å². The zero-order chi connectivity index (χ0) is 27.1. The van der Waals surface area contributed by atoms with Crippen molar-refractivity contribution in [2.75, 3.05) is 6.61 Å². The molecule has 0 bridgehead atoms. The summed E-state index contributed by atoms with van der Waals surface area (Å²) in [6.07, 6.45) is 6.21. The highest BCUT2D eigenvalue weighted by Crippen LogP contribution is 2.28. The van der Waals surface area contributed by atoms with Crippen molar-refractivity contribution in [1.29, 1.82) is 0 Å². The van der Waals surface area contributed by atoms with E-state index in [1.165, 1.54) is 0 Å². The van der Waals surface area contributed by atoms with Gasteiger partial charge in [-0.1, -0.05) is 52.3 Å².